The van der Waals surface area contributed by atoms with Gasteiger partial charge in [-0.15, -0.1) is 10.2 Å². The predicted molar refractivity (Wildman–Crippen MR) is 121 cm³/mol. The van der Waals surface area contributed by atoms with Crippen molar-refractivity contribution in [2.24, 2.45) is 5.92 Å². The fourth-order valence-electron chi connectivity index (χ4n) is 4.86. The zero-order chi connectivity index (χ0) is 22.1. The Hall–Kier alpha value is -2.41. The lowest BCUT2D eigenvalue weighted by atomic mass is 9.86. The second-order valence-electron chi connectivity index (χ2n) is 9.79. The molecule has 1 aliphatic heterocycles. The number of nitrogens with zero attached hydrogens (tertiary/aromatic N) is 4. The summed E-state index contributed by atoms with van der Waals surface area (Å²) >= 11 is 0. The Kier molecular flexibility index (Phi) is 6.17. The maximum Gasteiger partial charge on any atom is 0.247 e. The molecule has 0 atom stereocenters. The maximum absolute atomic E-state index is 13.0. The topological polar surface area (TPSA) is 71.7 Å². The lowest BCUT2D eigenvalue weighted by Crippen LogP contribution is -2.52. The van der Waals surface area contributed by atoms with Crippen molar-refractivity contribution in [2.45, 2.75) is 70.4 Å². The third-order valence-electron chi connectivity index (χ3n) is 7.15. The Morgan fingerprint density at radius 1 is 0.969 bits per heavy atom. The number of piperazine rings is 1. The van der Waals surface area contributed by atoms with Crippen LogP contribution >= 0.6 is 0 Å². The number of hydrogen-bond donors (Lipinski definition) is 0. The van der Waals surface area contributed by atoms with Crippen molar-refractivity contribution < 1.29 is 13.9 Å². The van der Waals surface area contributed by atoms with Crippen molar-refractivity contribution in [1.82, 2.24) is 20.0 Å². The van der Waals surface area contributed by atoms with Crippen molar-refractivity contribution in [3.05, 3.63) is 30.2 Å². The van der Waals surface area contributed by atoms with Crippen LogP contribution in [-0.2, 0) is 4.79 Å². The largest absolute Gasteiger partial charge is 0.490 e. The van der Waals surface area contributed by atoms with Gasteiger partial charge in [-0.2, -0.15) is 0 Å². The molecule has 2 aliphatic carbocycles. The summed E-state index contributed by atoms with van der Waals surface area (Å²) in [6, 6.07) is 8.46. The fourth-order valence-corrected chi connectivity index (χ4v) is 4.86. The molecule has 7 heteroatoms. The molecule has 3 aliphatic rings. The molecule has 0 N–H and O–H groups in total. The molecule has 1 amide bonds. The highest BCUT2D eigenvalue weighted by Crippen LogP contribution is 2.40. The van der Waals surface area contributed by atoms with Gasteiger partial charge in [0.2, 0.25) is 17.7 Å². The van der Waals surface area contributed by atoms with Crippen LogP contribution in [0.1, 0.15) is 64.2 Å². The first-order valence-electron chi connectivity index (χ1n) is 12.2. The SMILES string of the molecule is CC(C)N1CCN(C(=O)[C@H]2CC[C@H](Oc3ccc(-c4nnc(C5CC5)o4)cc3)CC2)CC1. The van der Waals surface area contributed by atoms with Crippen LogP contribution in [0, 0.1) is 5.92 Å². The van der Waals surface area contributed by atoms with E-state index in [0.717, 1.165) is 81.9 Å². The summed E-state index contributed by atoms with van der Waals surface area (Å²) in [6.45, 7) is 8.15. The standard InChI is InChI=1S/C25H34N4O3/c1-17(2)28-13-15-29(16-14-28)25(30)20-7-11-22(12-8-20)31-21-9-5-19(6-10-21)24-27-26-23(32-24)18-3-4-18/h5-6,9-10,17-18,20,22H,3-4,7-8,11-16H2,1-2H3/t20-,22-. The minimum Gasteiger partial charge on any atom is -0.490 e. The zero-order valence-corrected chi connectivity index (χ0v) is 19.2. The first kappa shape index (κ1) is 21.4. The van der Waals surface area contributed by atoms with Gasteiger partial charge in [-0.05, 0) is 76.6 Å². The number of aromatic nitrogens is 2. The minimum absolute atomic E-state index is 0.154. The van der Waals surface area contributed by atoms with Crippen LogP contribution in [0.2, 0.25) is 0 Å². The summed E-state index contributed by atoms with van der Waals surface area (Å²) in [5.41, 5.74) is 0.920. The second-order valence-corrected chi connectivity index (χ2v) is 9.79. The summed E-state index contributed by atoms with van der Waals surface area (Å²) in [6.07, 6.45) is 6.16. The predicted octanol–water partition coefficient (Wildman–Crippen LogP) is 4.10. The highest BCUT2D eigenvalue weighted by molar-refractivity contribution is 5.79. The Morgan fingerprint density at radius 2 is 1.66 bits per heavy atom. The van der Waals surface area contributed by atoms with Gasteiger partial charge in [0, 0.05) is 49.6 Å². The Labute approximate surface area is 190 Å². The van der Waals surface area contributed by atoms with Crippen LogP contribution in [0.15, 0.2) is 28.7 Å². The van der Waals surface area contributed by atoms with Crippen LogP contribution in [0.5, 0.6) is 5.75 Å². The molecule has 7 nitrogen and oxygen atoms in total. The third-order valence-corrected chi connectivity index (χ3v) is 7.15. The quantitative estimate of drug-likeness (QED) is 0.676. The van der Waals surface area contributed by atoms with E-state index in [2.05, 4.69) is 33.8 Å². The number of hydrogen-bond acceptors (Lipinski definition) is 6. The van der Waals surface area contributed by atoms with Crippen LogP contribution in [0.25, 0.3) is 11.5 Å². The van der Waals surface area contributed by atoms with Crippen LogP contribution in [0.3, 0.4) is 0 Å². The van der Waals surface area contributed by atoms with Crippen molar-refractivity contribution in [1.29, 1.82) is 0 Å². The van der Waals surface area contributed by atoms with Crippen molar-refractivity contribution >= 4 is 5.91 Å². The molecule has 2 saturated carbocycles. The van der Waals surface area contributed by atoms with Gasteiger partial charge in [-0.3, -0.25) is 9.69 Å². The maximum atomic E-state index is 13.0. The van der Waals surface area contributed by atoms with E-state index >= 15 is 0 Å². The normalized spacial score (nSPS) is 24.7. The van der Waals surface area contributed by atoms with E-state index in [0.29, 0.717) is 23.8 Å². The van der Waals surface area contributed by atoms with Gasteiger partial charge < -0.3 is 14.1 Å². The fraction of sp³-hybridized carbons (Fsp3) is 0.640. The van der Waals surface area contributed by atoms with Gasteiger partial charge in [0.1, 0.15) is 5.75 Å². The van der Waals surface area contributed by atoms with Crippen molar-refractivity contribution in [3.8, 4) is 17.2 Å². The molecule has 0 unspecified atom stereocenters. The molecule has 0 spiro atoms. The van der Waals surface area contributed by atoms with E-state index in [4.69, 9.17) is 9.15 Å². The van der Waals surface area contributed by atoms with Crippen molar-refractivity contribution in [2.75, 3.05) is 26.2 Å². The number of ether oxygens (including phenoxy) is 1. The average molecular weight is 439 g/mol. The first-order chi connectivity index (χ1) is 15.6. The highest BCUT2D eigenvalue weighted by atomic mass is 16.5. The molecule has 2 aromatic rings. The van der Waals surface area contributed by atoms with E-state index in [-0.39, 0.29) is 12.0 Å². The lowest BCUT2D eigenvalue weighted by molar-refractivity contribution is -0.139. The third kappa shape index (κ3) is 4.82. The van der Waals surface area contributed by atoms with Gasteiger partial charge in [-0.25, -0.2) is 0 Å². The lowest BCUT2D eigenvalue weighted by Gasteiger charge is -2.39. The Balaban J connectivity index is 1.09. The number of benzene rings is 1. The van der Waals surface area contributed by atoms with Crippen LogP contribution < -0.4 is 4.74 Å². The van der Waals surface area contributed by atoms with Gasteiger partial charge >= 0.3 is 0 Å². The molecule has 0 radical (unpaired) electrons. The molecule has 2 heterocycles. The van der Waals surface area contributed by atoms with E-state index < -0.39 is 0 Å². The van der Waals surface area contributed by atoms with Crippen molar-refractivity contribution in [3.63, 3.8) is 0 Å². The Bertz CT molecular complexity index is 906. The molecule has 5 rings (SSSR count). The minimum atomic E-state index is 0.154. The molecule has 172 valence electrons. The average Bonchev–Trinajstić information content (AvgIpc) is 3.56. The summed E-state index contributed by atoms with van der Waals surface area (Å²) in [5.74, 6) is 3.16. The number of carbonyl (C=O) groups is 1. The number of carbonyl (C=O) groups excluding carboxylic acids is 1. The smallest absolute Gasteiger partial charge is 0.247 e. The Morgan fingerprint density at radius 3 is 2.28 bits per heavy atom. The molecule has 32 heavy (non-hydrogen) atoms. The molecule has 3 fully saturated rings. The van der Waals surface area contributed by atoms with E-state index in [1.807, 2.05) is 24.3 Å². The summed E-state index contributed by atoms with van der Waals surface area (Å²) in [7, 11) is 0. The van der Waals surface area contributed by atoms with Crippen LogP contribution in [-0.4, -0.2) is 64.2 Å². The van der Waals surface area contributed by atoms with Crippen LogP contribution in [0.4, 0.5) is 0 Å². The molecule has 1 saturated heterocycles. The van der Waals surface area contributed by atoms with E-state index in [1.54, 1.807) is 0 Å². The molecule has 1 aromatic carbocycles. The summed E-state index contributed by atoms with van der Waals surface area (Å²) < 4.78 is 12.0. The molecular weight excluding hydrogens is 404 g/mol. The summed E-state index contributed by atoms with van der Waals surface area (Å²) in [4.78, 5) is 17.5. The first-order valence-corrected chi connectivity index (χ1v) is 12.2. The highest BCUT2D eigenvalue weighted by Gasteiger charge is 2.32. The zero-order valence-electron chi connectivity index (χ0n) is 19.2. The van der Waals surface area contributed by atoms with Gasteiger partial charge in [0.25, 0.3) is 0 Å². The van der Waals surface area contributed by atoms with E-state index in [9.17, 15) is 4.79 Å². The number of amides is 1. The monoisotopic (exact) mass is 438 g/mol. The number of rotatable bonds is 6. The molecule has 0 bridgehead atoms. The molecule has 1 aromatic heterocycles. The molecular formula is C25H34N4O3. The second kappa shape index (κ2) is 9.22. The van der Waals surface area contributed by atoms with Gasteiger partial charge in [0.15, 0.2) is 0 Å². The van der Waals surface area contributed by atoms with E-state index in [1.165, 1.54) is 0 Å². The summed E-state index contributed by atoms with van der Waals surface area (Å²) in [5, 5.41) is 8.33. The van der Waals surface area contributed by atoms with Gasteiger partial charge in [0.05, 0.1) is 6.10 Å². The van der Waals surface area contributed by atoms with Gasteiger partial charge in [-0.1, -0.05) is 0 Å².